The van der Waals surface area contributed by atoms with Crippen molar-refractivity contribution in [1.82, 2.24) is 0 Å². The molecule has 0 nitrogen and oxygen atoms in total. The summed E-state index contributed by atoms with van der Waals surface area (Å²) < 4.78 is 0. The molecule has 0 amide bonds. The Labute approximate surface area is 70.3 Å². The van der Waals surface area contributed by atoms with Gasteiger partial charge in [0.2, 0.25) is 0 Å². The van der Waals surface area contributed by atoms with E-state index in [0.29, 0.717) is 5.92 Å². The molecule has 11 heavy (non-hydrogen) atoms. The first kappa shape index (κ1) is 10.2. The largest absolute Gasteiger partial charge is 0.0991 e. The molecule has 0 aliphatic carbocycles. The van der Waals surface area contributed by atoms with Crippen LogP contribution in [0.4, 0.5) is 0 Å². The second kappa shape index (κ2) is 4.95. The van der Waals surface area contributed by atoms with Crippen molar-refractivity contribution < 1.29 is 0 Å². The van der Waals surface area contributed by atoms with Gasteiger partial charge in [0.05, 0.1) is 0 Å². The van der Waals surface area contributed by atoms with Crippen LogP contribution < -0.4 is 0 Å². The average Bonchev–Trinajstić information content (AvgIpc) is 2.02. The molecule has 0 bridgehead atoms. The Morgan fingerprint density at radius 3 is 2.18 bits per heavy atom. The highest BCUT2D eigenvalue weighted by Gasteiger charge is 2.03. The number of hydrogen-bond donors (Lipinski definition) is 0. The molecule has 0 aliphatic heterocycles. The van der Waals surface area contributed by atoms with Crippen LogP contribution in [0.3, 0.4) is 0 Å². The molecule has 0 aliphatic rings. The van der Waals surface area contributed by atoms with Crippen molar-refractivity contribution in [2.24, 2.45) is 5.92 Å². The third-order valence-corrected chi connectivity index (χ3v) is 2.20. The molecule has 1 unspecified atom stereocenters. The fourth-order valence-corrected chi connectivity index (χ4v) is 0.939. The molecule has 0 aromatic heterocycles. The van der Waals surface area contributed by atoms with Crippen LogP contribution in [0.1, 0.15) is 27.7 Å². The maximum atomic E-state index is 3.67. The summed E-state index contributed by atoms with van der Waals surface area (Å²) in [5.41, 5.74) is 2.79. The van der Waals surface area contributed by atoms with Gasteiger partial charge in [0.25, 0.3) is 0 Å². The van der Waals surface area contributed by atoms with Crippen molar-refractivity contribution in [2.45, 2.75) is 27.7 Å². The van der Waals surface area contributed by atoms with Crippen molar-refractivity contribution in [3.63, 3.8) is 0 Å². The molecule has 0 heteroatoms. The van der Waals surface area contributed by atoms with Crippen LogP contribution >= 0.6 is 0 Å². The van der Waals surface area contributed by atoms with Gasteiger partial charge in [-0.2, -0.15) is 0 Å². The number of hydrogen-bond acceptors (Lipinski definition) is 0. The Morgan fingerprint density at radius 2 is 1.82 bits per heavy atom. The highest BCUT2D eigenvalue weighted by Crippen LogP contribution is 2.18. The highest BCUT2D eigenvalue weighted by atomic mass is 14.1. The SMILES string of the molecule is C=C/C=C(/C)C(C)C(C)=CC. The minimum Gasteiger partial charge on any atom is -0.0991 e. The zero-order chi connectivity index (χ0) is 8.85. The Morgan fingerprint density at radius 1 is 1.27 bits per heavy atom. The number of allylic oxidation sites excluding steroid dienone is 5. The zero-order valence-corrected chi connectivity index (χ0v) is 8.02. The quantitative estimate of drug-likeness (QED) is 0.425. The molecule has 0 aromatic carbocycles. The van der Waals surface area contributed by atoms with Crippen LogP contribution in [0, 0.1) is 5.92 Å². The maximum Gasteiger partial charge on any atom is -0.00240 e. The third-order valence-electron chi connectivity index (χ3n) is 2.20. The summed E-state index contributed by atoms with van der Waals surface area (Å²) in [4.78, 5) is 0. The summed E-state index contributed by atoms with van der Waals surface area (Å²) in [6.45, 7) is 12.3. The monoisotopic (exact) mass is 150 g/mol. The van der Waals surface area contributed by atoms with Gasteiger partial charge in [0.15, 0.2) is 0 Å². The van der Waals surface area contributed by atoms with Crippen molar-refractivity contribution in [3.05, 3.63) is 36.0 Å². The lowest BCUT2D eigenvalue weighted by atomic mass is 9.94. The topological polar surface area (TPSA) is 0 Å². The Kier molecular flexibility index (Phi) is 4.60. The van der Waals surface area contributed by atoms with E-state index in [1.165, 1.54) is 11.1 Å². The highest BCUT2D eigenvalue weighted by molar-refractivity contribution is 5.19. The van der Waals surface area contributed by atoms with E-state index < -0.39 is 0 Å². The first-order valence-electron chi connectivity index (χ1n) is 4.05. The minimum atomic E-state index is 0.554. The Hall–Kier alpha value is -0.780. The normalized spacial score (nSPS) is 16.4. The molecule has 0 fully saturated rings. The minimum absolute atomic E-state index is 0.554. The molecule has 0 aromatic rings. The lowest BCUT2D eigenvalue weighted by Crippen LogP contribution is -1.97. The summed E-state index contributed by atoms with van der Waals surface area (Å²) in [6.07, 6.45) is 6.07. The summed E-state index contributed by atoms with van der Waals surface area (Å²) in [7, 11) is 0. The van der Waals surface area contributed by atoms with E-state index in [2.05, 4.69) is 46.4 Å². The van der Waals surface area contributed by atoms with Gasteiger partial charge in [-0.1, -0.05) is 42.9 Å². The van der Waals surface area contributed by atoms with Crippen molar-refractivity contribution >= 4 is 0 Å². The first-order chi connectivity index (χ1) is 5.13. The van der Waals surface area contributed by atoms with Crippen LogP contribution in [0.25, 0.3) is 0 Å². The molecular formula is C11H18. The Balaban J connectivity index is 4.36. The maximum absolute atomic E-state index is 3.67. The molecule has 1 atom stereocenters. The predicted octanol–water partition coefficient (Wildman–Crippen LogP) is 3.72. The van der Waals surface area contributed by atoms with Gasteiger partial charge in [0.1, 0.15) is 0 Å². The van der Waals surface area contributed by atoms with Crippen molar-refractivity contribution in [3.8, 4) is 0 Å². The van der Waals surface area contributed by atoms with Crippen molar-refractivity contribution in [1.29, 1.82) is 0 Å². The van der Waals surface area contributed by atoms with Gasteiger partial charge in [-0.3, -0.25) is 0 Å². The van der Waals surface area contributed by atoms with Crippen LogP contribution in [0.2, 0.25) is 0 Å². The lowest BCUT2D eigenvalue weighted by Gasteiger charge is -2.11. The second-order valence-electron chi connectivity index (χ2n) is 2.90. The van der Waals surface area contributed by atoms with Crippen LogP contribution in [0.5, 0.6) is 0 Å². The van der Waals surface area contributed by atoms with Gasteiger partial charge in [0, 0.05) is 0 Å². The summed E-state index contributed by atoms with van der Waals surface area (Å²) in [5.74, 6) is 0.554. The van der Waals surface area contributed by atoms with E-state index in [1.54, 1.807) is 0 Å². The number of rotatable bonds is 3. The van der Waals surface area contributed by atoms with E-state index in [-0.39, 0.29) is 0 Å². The van der Waals surface area contributed by atoms with Crippen molar-refractivity contribution in [2.75, 3.05) is 0 Å². The molecule has 0 saturated heterocycles. The van der Waals surface area contributed by atoms with E-state index >= 15 is 0 Å². The van der Waals surface area contributed by atoms with Gasteiger partial charge >= 0.3 is 0 Å². The van der Waals surface area contributed by atoms with E-state index in [9.17, 15) is 0 Å². The van der Waals surface area contributed by atoms with Gasteiger partial charge in [-0.25, -0.2) is 0 Å². The zero-order valence-electron chi connectivity index (χ0n) is 8.02. The third kappa shape index (κ3) is 3.22. The van der Waals surface area contributed by atoms with Crippen LogP contribution in [-0.4, -0.2) is 0 Å². The lowest BCUT2D eigenvalue weighted by molar-refractivity contribution is 0.798. The van der Waals surface area contributed by atoms with E-state index in [1.807, 2.05) is 6.08 Å². The Bertz CT molecular complexity index is 182. The second-order valence-corrected chi connectivity index (χ2v) is 2.90. The smallest absolute Gasteiger partial charge is 0.00240 e. The summed E-state index contributed by atoms with van der Waals surface area (Å²) in [6, 6.07) is 0. The molecule has 62 valence electrons. The average molecular weight is 150 g/mol. The van der Waals surface area contributed by atoms with Gasteiger partial charge in [-0.15, -0.1) is 0 Å². The molecule has 0 N–H and O–H groups in total. The fraction of sp³-hybridized carbons (Fsp3) is 0.455. The van der Waals surface area contributed by atoms with Crippen LogP contribution in [-0.2, 0) is 0 Å². The predicted molar refractivity (Wildman–Crippen MR) is 52.5 cm³/mol. The van der Waals surface area contributed by atoms with Crippen LogP contribution in [0.15, 0.2) is 36.0 Å². The summed E-state index contributed by atoms with van der Waals surface area (Å²) in [5, 5.41) is 0. The first-order valence-corrected chi connectivity index (χ1v) is 4.05. The molecule has 0 saturated carbocycles. The molecular weight excluding hydrogens is 132 g/mol. The van der Waals surface area contributed by atoms with Gasteiger partial charge < -0.3 is 0 Å². The molecule has 0 radical (unpaired) electrons. The van der Waals surface area contributed by atoms with E-state index in [0.717, 1.165) is 0 Å². The fourth-order valence-electron chi connectivity index (χ4n) is 0.939. The summed E-state index contributed by atoms with van der Waals surface area (Å²) >= 11 is 0. The van der Waals surface area contributed by atoms with E-state index in [4.69, 9.17) is 0 Å². The standard InChI is InChI=1S/C11H18/c1-6-8-10(4)11(5)9(3)7-2/h6-8,11H,1H2,2-5H3/b9-7?,10-8-. The van der Waals surface area contributed by atoms with Gasteiger partial charge in [-0.05, 0) is 26.7 Å². The molecule has 0 rings (SSSR count). The molecule has 0 spiro atoms. The molecule has 0 heterocycles.